The molecule has 0 saturated heterocycles. The molecular weight excluding hydrogens is 198 g/mol. The molecule has 16 heavy (non-hydrogen) atoms. The summed E-state index contributed by atoms with van der Waals surface area (Å²) in [5, 5.41) is 3.26. The topological polar surface area (TPSA) is 29.1 Å². The van der Waals surface area contributed by atoms with E-state index in [9.17, 15) is 4.79 Å². The van der Waals surface area contributed by atoms with Crippen molar-refractivity contribution in [3.63, 3.8) is 0 Å². The first-order valence-corrected chi connectivity index (χ1v) is 6.82. The lowest BCUT2D eigenvalue weighted by molar-refractivity contribution is -0.130. The highest BCUT2D eigenvalue weighted by Crippen LogP contribution is 2.30. The van der Waals surface area contributed by atoms with Gasteiger partial charge in [0.1, 0.15) is 0 Å². The standard InChI is InChI=1S/C14H27NO/c1-5-12(11-9-7-8-10-11)15-13(16)14(3,4)6-2/h11-12H,5-10H2,1-4H3,(H,15,16)/t12-/m0/s1. The van der Waals surface area contributed by atoms with E-state index in [0.29, 0.717) is 6.04 Å². The van der Waals surface area contributed by atoms with E-state index < -0.39 is 0 Å². The van der Waals surface area contributed by atoms with Gasteiger partial charge in [-0.25, -0.2) is 0 Å². The lowest BCUT2D eigenvalue weighted by Gasteiger charge is -2.29. The van der Waals surface area contributed by atoms with Crippen molar-refractivity contribution in [1.82, 2.24) is 5.32 Å². The second-order valence-electron chi connectivity index (χ2n) is 5.77. The summed E-state index contributed by atoms with van der Waals surface area (Å²) in [4.78, 5) is 12.1. The summed E-state index contributed by atoms with van der Waals surface area (Å²) < 4.78 is 0. The fourth-order valence-electron chi connectivity index (χ4n) is 2.44. The molecule has 2 heteroatoms. The van der Waals surface area contributed by atoms with Crippen LogP contribution in [0.25, 0.3) is 0 Å². The molecule has 1 aliphatic carbocycles. The van der Waals surface area contributed by atoms with Crippen LogP contribution >= 0.6 is 0 Å². The van der Waals surface area contributed by atoms with Crippen molar-refractivity contribution >= 4 is 5.91 Å². The van der Waals surface area contributed by atoms with Gasteiger partial charge >= 0.3 is 0 Å². The van der Waals surface area contributed by atoms with E-state index in [1.807, 2.05) is 13.8 Å². The summed E-state index contributed by atoms with van der Waals surface area (Å²) >= 11 is 0. The zero-order valence-electron chi connectivity index (χ0n) is 11.3. The Labute approximate surface area is 100 Å². The minimum Gasteiger partial charge on any atom is -0.353 e. The van der Waals surface area contributed by atoms with Crippen LogP contribution in [0.1, 0.15) is 66.2 Å². The first-order valence-electron chi connectivity index (χ1n) is 6.82. The van der Waals surface area contributed by atoms with Crippen LogP contribution < -0.4 is 5.32 Å². The van der Waals surface area contributed by atoms with E-state index in [0.717, 1.165) is 18.8 Å². The molecule has 0 radical (unpaired) electrons. The molecule has 1 aliphatic rings. The molecule has 1 atom stereocenters. The number of rotatable bonds is 5. The molecule has 94 valence electrons. The van der Waals surface area contributed by atoms with Crippen molar-refractivity contribution in [2.24, 2.45) is 11.3 Å². The third-order valence-corrected chi connectivity index (χ3v) is 4.22. The van der Waals surface area contributed by atoms with Crippen molar-refractivity contribution in [2.75, 3.05) is 0 Å². The Hall–Kier alpha value is -0.530. The molecule has 1 saturated carbocycles. The number of amides is 1. The van der Waals surface area contributed by atoms with Crippen LogP contribution in [-0.2, 0) is 4.79 Å². The predicted octanol–water partition coefficient (Wildman–Crippen LogP) is 3.51. The molecule has 1 rings (SSSR count). The Morgan fingerprint density at radius 3 is 2.31 bits per heavy atom. The molecule has 0 aromatic rings. The zero-order valence-corrected chi connectivity index (χ0v) is 11.3. The van der Waals surface area contributed by atoms with Crippen LogP contribution in [0, 0.1) is 11.3 Å². The smallest absolute Gasteiger partial charge is 0.225 e. The molecule has 0 unspecified atom stereocenters. The third kappa shape index (κ3) is 3.23. The Bertz CT molecular complexity index is 229. The molecule has 0 aliphatic heterocycles. The molecule has 1 fully saturated rings. The van der Waals surface area contributed by atoms with Gasteiger partial charge in [-0.15, -0.1) is 0 Å². The summed E-state index contributed by atoms with van der Waals surface area (Å²) in [5.41, 5.74) is -0.216. The summed E-state index contributed by atoms with van der Waals surface area (Å²) in [5.74, 6) is 0.954. The van der Waals surface area contributed by atoms with E-state index in [1.165, 1.54) is 25.7 Å². The maximum absolute atomic E-state index is 12.1. The van der Waals surface area contributed by atoms with Crippen LogP contribution in [0.15, 0.2) is 0 Å². The van der Waals surface area contributed by atoms with Gasteiger partial charge in [-0.05, 0) is 31.6 Å². The quantitative estimate of drug-likeness (QED) is 0.762. The number of carbonyl (C=O) groups is 1. The highest BCUT2D eigenvalue weighted by atomic mass is 16.2. The number of hydrogen-bond donors (Lipinski definition) is 1. The molecule has 0 spiro atoms. The molecule has 0 aromatic heterocycles. The molecule has 1 amide bonds. The van der Waals surface area contributed by atoms with Crippen LogP contribution in [-0.4, -0.2) is 11.9 Å². The highest BCUT2D eigenvalue weighted by Gasteiger charge is 2.30. The zero-order chi connectivity index (χ0) is 12.2. The average molecular weight is 225 g/mol. The van der Waals surface area contributed by atoms with E-state index in [1.54, 1.807) is 0 Å². The predicted molar refractivity (Wildman–Crippen MR) is 68.3 cm³/mol. The van der Waals surface area contributed by atoms with E-state index in [-0.39, 0.29) is 11.3 Å². The van der Waals surface area contributed by atoms with E-state index in [2.05, 4.69) is 19.2 Å². The molecule has 1 N–H and O–H groups in total. The van der Waals surface area contributed by atoms with Gasteiger partial charge in [-0.2, -0.15) is 0 Å². The summed E-state index contributed by atoms with van der Waals surface area (Å²) in [6, 6.07) is 0.404. The van der Waals surface area contributed by atoms with Crippen molar-refractivity contribution in [3.8, 4) is 0 Å². The summed E-state index contributed by atoms with van der Waals surface area (Å²) in [7, 11) is 0. The Kier molecular flexibility index (Phi) is 4.82. The van der Waals surface area contributed by atoms with Gasteiger partial charge in [0.2, 0.25) is 5.91 Å². The molecule has 0 heterocycles. The summed E-state index contributed by atoms with van der Waals surface area (Å²) in [6.07, 6.45) is 7.25. The Morgan fingerprint density at radius 2 is 1.88 bits per heavy atom. The van der Waals surface area contributed by atoms with Crippen molar-refractivity contribution in [2.45, 2.75) is 72.3 Å². The fraction of sp³-hybridized carbons (Fsp3) is 0.929. The van der Waals surface area contributed by atoms with Crippen LogP contribution in [0.4, 0.5) is 0 Å². The van der Waals surface area contributed by atoms with E-state index in [4.69, 9.17) is 0 Å². The van der Waals surface area contributed by atoms with Gasteiger partial charge in [-0.1, -0.05) is 40.5 Å². The molecular formula is C14H27NO. The van der Waals surface area contributed by atoms with Gasteiger partial charge in [-0.3, -0.25) is 4.79 Å². The van der Waals surface area contributed by atoms with Crippen LogP contribution in [0.3, 0.4) is 0 Å². The van der Waals surface area contributed by atoms with Gasteiger partial charge in [0.15, 0.2) is 0 Å². The first-order chi connectivity index (χ1) is 7.51. The summed E-state index contributed by atoms with van der Waals surface area (Å²) in [6.45, 7) is 8.33. The van der Waals surface area contributed by atoms with Gasteiger partial charge in [0.25, 0.3) is 0 Å². The van der Waals surface area contributed by atoms with Crippen LogP contribution in [0.2, 0.25) is 0 Å². The normalized spacial score (nSPS) is 19.8. The number of hydrogen-bond acceptors (Lipinski definition) is 1. The molecule has 0 aromatic carbocycles. The lowest BCUT2D eigenvalue weighted by atomic mass is 9.87. The van der Waals surface area contributed by atoms with Crippen molar-refractivity contribution in [3.05, 3.63) is 0 Å². The minimum atomic E-state index is -0.216. The maximum Gasteiger partial charge on any atom is 0.225 e. The maximum atomic E-state index is 12.1. The second-order valence-corrected chi connectivity index (χ2v) is 5.77. The van der Waals surface area contributed by atoms with Gasteiger partial charge < -0.3 is 5.32 Å². The van der Waals surface area contributed by atoms with E-state index >= 15 is 0 Å². The monoisotopic (exact) mass is 225 g/mol. The first kappa shape index (κ1) is 13.5. The van der Waals surface area contributed by atoms with Gasteiger partial charge in [0.05, 0.1) is 0 Å². The largest absolute Gasteiger partial charge is 0.353 e. The third-order valence-electron chi connectivity index (χ3n) is 4.22. The number of carbonyl (C=O) groups excluding carboxylic acids is 1. The molecule has 0 bridgehead atoms. The Morgan fingerprint density at radius 1 is 1.31 bits per heavy atom. The Balaban J connectivity index is 2.52. The van der Waals surface area contributed by atoms with Gasteiger partial charge in [0, 0.05) is 11.5 Å². The molecule has 2 nitrogen and oxygen atoms in total. The lowest BCUT2D eigenvalue weighted by Crippen LogP contribution is -2.45. The highest BCUT2D eigenvalue weighted by molar-refractivity contribution is 5.82. The minimum absolute atomic E-state index is 0.216. The average Bonchev–Trinajstić information content (AvgIpc) is 2.78. The second kappa shape index (κ2) is 5.70. The van der Waals surface area contributed by atoms with Crippen molar-refractivity contribution < 1.29 is 4.79 Å². The fourth-order valence-corrected chi connectivity index (χ4v) is 2.44. The SMILES string of the molecule is CC[C@H](NC(=O)C(C)(C)CC)C1CCCC1. The van der Waals surface area contributed by atoms with Crippen LogP contribution in [0.5, 0.6) is 0 Å². The number of nitrogens with one attached hydrogen (secondary N) is 1. The van der Waals surface area contributed by atoms with Crippen molar-refractivity contribution in [1.29, 1.82) is 0 Å².